The molecular weight excluding hydrogens is 324 g/mol. The molecule has 0 bridgehead atoms. The molecule has 23 heavy (non-hydrogen) atoms. The van der Waals surface area contributed by atoms with Crippen LogP contribution >= 0.6 is 11.8 Å². The Hall–Kier alpha value is -1.77. The van der Waals surface area contributed by atoms with Gasteiger partial charge in [0, 0.05) is 25.6 Å². The van der Waals surface area contributed by atoms with Crippen LogP contribution in [0.5, 0.6) is 0 Å². The third kappa shape index (κ3) is 3.44. The number of rotatable bonds is 5. The molecule has 2 heterocycles. The van der Waals surface area contributed by atoms with Gasteiger partial charge >= 0.3 is 6.16 Å². The normalized spacial score (nSPS) is 27.1. The maximum absolute atomic E-state index is 12.7. The number of carbonyl (C=O) groups excluding carboxylic acids is 3. The van der Waals surface area contributed by atoms with Crippen molar-refractivity contribution in [2.45, 2.75) is 45.8 Å². The van der Waals surface area contributed by atoms with Crippen molar-refractivity contribution in [3.05, 3.63) is 0 Å². The fourth-order valence-electron chi connectivity index (χ4n) is 2.95. The number of hydrogen-bond acceptors (Lipinski definition) is 6. The van der Waals surface area contributed by atoms with Crippen LogP contribution in [0.2, 0.25) is 0 Å². The number of carbonyl (C=O) groups is 4. The summed E-state index contributed by atoms with van der Waals surface area (Å²) in [5.41, 5.74) is -1.22. The second-order valence-corrected chi connectivity index (χ2v) is 7.11. The lowest BCUT2D eigenvalue weighted by molar-refractivity contribution is -0.181. The predicted octanol–water partition coefficient (Wildman–Crippen LogP) is 1.45. The second kappa shape index (κ2) is 6.77. The molecule has 9 heteroatoms. The van der Waals surface area contributed by atoms with Crippen LogP contribution in [0.1, 0.15) is 39.5 Å². The van der Waals surface area contributed by atoms with E-state index in [4.69, 9.17) is 9.84 Å². The minimum Gasteiger partial charge on any atom is -0.450 e. The van der Waals surface area contributed by atoms with Crippen LogP contribution in [0.25, 0.3) is 0 Å². The van der Waals surface area contributed by atoms with Crippen molar-refractivity contribution in [3.63, 3.8) is 0 Å². The van der Waals surface area contributed by atoms with E-state index in [0.717, 1.165) is 16.8 Å². The van der Waals surface area contributed by atoms with Gasteiger partial charge in [0.25, 0.3) is 11.8 Å². The maximum atomic E-state index is 12.7. The van der Waals surface area contributed by atoms with Crippen LogP contribution in [-0.4, -0.2) is 56.7 Å². The summed E-state index contributed by atoms with van der Waals surface area (Å²) in [6.07, 6.45) is -0.612. The molecule has 0 aliphatic carbocycles. The Morgan fingerprint density at radius 2 is 2.09 bits per heavy atom. The van der Waals surface area contributed by atoms with Crippen LogP contribution in [0.15, 0.2) is 0 Å². The molecule has 2 rings (SSSR count). The molecular formula is C14H20N2O6S. The zero-order valence-electron chi connectivity index (χ0n) is 13.1. The van der Waals surface area contributed by atoms with E-state index in [9.17, 15) is 19.2 Å². The molecule has 128 valence electrons. The first kappa shape index (κ1) is 17.6. The Bertz CT molecular complexity index is 539. The van der Waals surface area contributed by atoms with Gasteiger partial charge in [0.2, 0.25) is 0 Å². The lowest BCUT2D eigenvalue weighted by atomic mass is 9.85. The average molecular weight is 344 g/mol. The third-order valence-corrected chi connectivity index (χ3v) is 5.00. The van der Waals surface area contributed by atoms with Gasteiger partial charge in [-0.3, -0.25) is 14.4 Å². The number of hydrogen-bond donors (Lipinski definition) is 1. The molecule has 2 amide bonds. The van der Waals surface area contributed by atoms with Gasteiger partial charge < -0.3 is 9.84 Å². The molecule has 2 atom stereocenters. The molecule has 8 nitrogen and oxygen atoms in total. The zero-order chi connectivity index (χ0) is 17.2. The summed E-state index contributed by atoms with van der Waals surface area (Å²) in [5, 5.41) is 11.2. The van der Waals surface area contributed by atoms with Crippen LogP contribution in [-0.2, 0) is 19.1 Å². The SMILES string of the molecule is CC(=O)SCCCC1(C)C(=O)N2CCCC(OC(=O)O)N2C1=O. The van der Waals surface area contributed by atoms with Crippen LogP contribution < -0.4 is 0 Å². The molecule has 0 radical (unpaired) electrons. The summed E-state index contributed by atoms with van der Waals surface area (Å²) >= 11 is 1.16. The van der Waals surface area contributed by atoms with Gasteiger partial charge in [-0.05, 0) is 26.2 Å². The molecule has 2 aliphatic heterocycles. The lowest BCUT2D eigenvalue weighted by Crippen LogP contribution is -2.52. The molecule has 2 aliphatic rings. The highest BCUT2D eigenvalue weighted by Crippen LogP contribution is 2.40. The first-order valence-electron chi connectivity index (χ1n) is 7.46. The van der Waals surface area contributed by atoms with Gasteiger partial charge in [0.15, 0.2) is 11.3 Å². The van der Waals surface area contributed by atoms with E-state index in [1.165, 1.54) is 11.9 Å². The minimum atomic E-state index is -1.47. The number of nitrogens with zero attached hydrogens (tertiary/aromatic N) is 2. The smallest absolute Gasteiger partial charge is 0.450 e. The summed E-state index contributed by atoms with van der Waals surface area (Å²) in [7, 11) is 0. The molecule has 0 saturated carbocycles. The fourth-order valence-corrected chi connectivity index (χ4v) is 3.53. The highest BCUT2D eigenvalue weighted by atomic mass is 32.2. The monoisotopic (exact) mass is 344 g/mol. The van der Waals surface area contributed by atoms with Gasteiger partial charge in [0.1, 0.15) is 5.41 Å². The number of amides is 2. The fraction of sp³-hybridized carbons (Fsp3) is 0.714. The maximum Gasteiger partial charge on any atom is 0.507 e. The molecule has 2 saturated heterocycles. The number of ether oxygens (including phenoxy) is 1. The highest BCUT2D eigenvalue weighted by molar-refractivity contribution is 8.13. The summed E-state index contributed by atoms with van der Waals surface area (Å²) in [6, 6.07) is 0. The van der Waals surface area contributed by atoms with Crippen LogP contribution in [0, 0.1) is 5.41 Å². The number of hydrazine groups is 1. The Kier molecular flexibility index (Phi) is 5.18. The highest BCUT2D eigenvalue weighted by Gasteiger charge is 2.58. The Morgan fingerprint density at radius 1 is 1.39 bits per heavy atom. The van der Waals surface area contributed by atoms with E-state index in [-0.39, 0.29) is 11.0 Å². The summed E-state index contributed by atoms with van der Waals surface area (Å²) < 4.78 is 4.75. The first-order chi connectivity index (χ1) is 10.8. The van der Waals surface area contributed by atoms with Crippen molar-refractivity contribution in [2.24, 2.45) is 5.41 Å². The predicted molar refractivity (Wildman–Crippen MR) is 81.2 cm³/mol. The minimum absolute atomic E-state index is 0.00433. The van der Waals surface area contributed by atoms with Gasteiger partial charge in [-0.25, -0.2) is 14.8 Å². The van der Waals surface area contributed by atoms with E-state index >= 15 is 0 Å². The molecule has 0 spiro atoms. The third-order valence-electron chi connectivity index (χ3n) is 4.10. The van der Waals surface area contributed by atoms with Gasteiger partial charge in [0.05, 0.1) is 0 Å². The van der Waals surface area contributed by atoms with Gasteiger partial charge in [-0.2, -0.15) is 0 Å². The summed E-state index contributed by atoms with van der Waals surface area (Å²) in [6.45, 7) is 3.42. The van der Waals surface area contributed by atoms with E-state index in [1.807, 2.05) is 0 Å². The van der Waals surface area contributed by atoms with Crippen LogP contribution in [0.4, 0.5) is 4.79 Å². The van der Waals surface area contributed by atoms with Crippen molar-refractivity contribution in [1.82, 2.24) is 10.0 Å². The topological polar surface area (TPSA) is 104 Å². The van der Waals surface area contributed by atoms with E-state index < -0.39 is 23.7 Å². The first-order valence-corrected chi connectivity index (χ1v) is 8.44. The van der Waals surface area contributed by atoms with Crippen molar-refractivity contribution in [3.8, 4) is 0 Å². The second-order valence-electron chi connectivity index (χ2n) is 5.83. The van der Waals surface area contributed by atoms with E-state index in [2.05, 4.69) is 0 Å². The summed E-state index contributed by atoms with van der Waals surface area (Å²) in [5.74, 6) is -0.212. The Labute approximate surface area is 138 Å². The number of thioether (sulfide) groups is 1. The molecule has 0 aromatic carbocycles. The average Bonchev–Trinajstić information content (AvgIpc) is 2.66. The van der Waals surface area contributed by atoms with Crippen molar-refractivity contribution < 1.29 is 29.0 Å². The molecule has 0 aromatic heterocycles. The van der Waals surface area contributed by atoms with Crippen molar-refractivity contribution in [2.75, 3.05) is 12.3 Å². The summed E-state index contributed by atoms with van der Waals surface area (Å²) in [4.78, 5) is 47.0. The molecule has 2 fully saturated rings. The standard InChI is InChI=1S/C14H20N2O6S/c1-9(17)23-8-4-6-14(2)11(18)15-7-3-5-10(22-13(20)21)16(15)12(14)19/h10H,3-8H2,1-2H3,(H,20,21). The zero-order valence-corrected chi connectivity index (χ0v) is 13.9. The quantitative estimate of drug-likeness (QED) is 0.457. The Morgan fingerprint density at radius 3 is 2.70 bits per heavy atom. The largest absolute Gasteiger partial charge is 0.507 e. The molecule has 2 unspecified atom stereocenters. The number of carboxylic acid groups (broad SMARTS) is 1. The Balaban J connectivity index is 2.10. The number of fused-ring (bicyclic) bond motifs is 1. The molecule has 0 aromatic rings. The van der Waals surface area contributed by atoms with E-state index in [1.54, 1.807) is 6.92 Å². The van der Waals surface area contributed by atoms with E-state index in [0.29, 0.717) is 38.0 Å². The lowest BCUT2D eigenvalue weighted by Gasteiger charge is -2.37. The van der Waals surface area contributed by atoms with Crippen molar-refractivity contribution >= 4 is 34.8 Å². The van der Waals surface area contributed by atoms with Gasteiger partial charge in [-0.15, -0.1) is 0 Å². The van der Waals surface area contributed by atoms with Crippen LogP contribution in [0.3, 0.4) is 0 Å². The molecule has 1 N–H and O–H groups in total. The van der Waals surface area contributed by atoms with Gasteiger partial charge in [-0.1, -0.05) is 11.8 Å². The van der Waals surface area contributed by atoms with Crippen molar-refractivity contribution in [1.29, 1.82) is 0 Å².